The topological polar surface area (TPSA) is 3.88 Å². The lowest BCUT2D eigenvalue weighted by Gasteiger charge is -2.10. The molecule has 1 aromatic rings. The van der Waals surface area contributed by atoms with Gasteiger partial charge >= 0.3 is 0 Å². The number of hydrogen-bond donors (Lipinski definition) is 0. The van der Waals surface area contributed by atoms with Gasteiger partial charge in [-0.2, -0.15) is 0 Å². The van der Waals surface area contributed by atoms with Crippen molar-refractivity contribution in [3.05, 3.63) is 29.6 Å². The van der Waals surface area contributed by atoms with E-state index in [4.69, 9.17) is 0 Å². The highest BCUT2D eigenvalue weighted by atomic mass is 14.9. The minimum atomic E-state index is 1.21. The van der Waals surface area contributed by atoms with Crippen molar-refractivity contribution in [1.82, 2.24) is 0 Å². The summed E-state index contributed by atoms with van der Waals surface area (Å²) in [5.74, 6) is 0. The summed E-state index contributed by atoms with van der Waals surface area (Å²) >= 11 is 0. The summed E-state index contributed by atoms with van der Waals surface area (Å²) < 4.78 is 2.55. The molecular weight excluding hydrogens is 663 g/mol. The van der Waals surface area contributed by atoms with Gasteiger partial charge in [0.2, 0.25) is 0 Å². The van der Waals surface area contributed by atoms with E-state index in [1.807, 2.05) is 0 Å². The molecule has 0 aliphatic carbocycles. The van der Waals surface area contributed by atoms with Gasteiger partial charge in [0, 0.05) is 18.1 Å². The van der Waals surface area contributed by atoms with Gasteiger partial charge in [-0.3, -0.25) is 0 Å². The van der Waals surface area contributed by atoms with Gasteiger partial charge in [-0.1, -0.05) is 271 Å². The molecular formula is C54H104N+. The molecule has 0 atom stereocenters. The van der Waals surface area contributed by atoms with Gasteiger partial charge in [-0.05, 0) is 37.7 Å². The standard InChI is InChI=1S/C54H104N/c1-4-7-10-13-16-19-22-25-28-31-34-37-40-43-46-50-55-51-49-53(47-44-41-38-35-32-29-26-23-20-17-14-11-8-5-2)54(52-55)48-45-42-39-36-33-30-27-24-21-18-15-12-9-6-3/h49,51-52H,4-48,50H2,1-3H3/q+1. The van der Waals surface area contributed by atoms with Gasteiger partial charge in [0.1, 0.15) is 6.54 Å². The Morgan fingerprint density at radius 1 is 0.273 bits per heavy atom. The number of aromatic nitrogens is 1. The first-order chi connectivity index (χ1) is 27.3. The van der Waals surface area contributed by atoms with E-state index in [2.05, 4.69) is 43.8 Å². The number of aryl methyl sites for hydroxylation is 3. The molecule has 55 heavy (non-hydrogen) atoms. The Kier molecular flexibility index (Phi) is 42.0. The molecule has 0 spiro atoms. The van der Waals surface area contributed by atoms with Crippen molar-refractivity contribution in [1.29, 1.82) is 0 Å². The Morgan fingerprint density at radius 2 is 0.509 bits per heavy atom. The predicted octanol–water partition coefficient (Wildman–Crippen LogP) is 18.9. The highest BCUT2D eigenvalue weighted by Crippen LogP contribution is 2.19. The molecule has 0 saturated heterocycles. The van der Waals surface area contributed by atoms with Crippen molar-refractivity contribution < 1.29 is 4.57 Å². The lowest BCUT2D eigenvalue weighted by atomic mass is 9.97. The summed E-state index contributed by atoms with van der Waals surface area (Å²) in [5.41, 5.74) is 3.35. The number of nitrogens with zero attached hydrogens (tertiary/aromatic N) is 1. The van der Waals surface area contributed by atoms with Crippen LogP contribution in [0.15, 0.2) is 18.5 Å². The molecule has 1 heteroatoms. The van der Waals surface area contributed by atoms with Crippen molar-refractivity contribution in [2.45, 2.75) is 316 Å². The van der Waals surface area contributed by atoms with Crippen LogP contribution in [-0.4, -0.2) is 0 Å². The van der Waals surface area contributed by atoms with Gasteiger partial charge in [0.05, 0.1) is 0 Å². The smallest absolute Gasteiger partial charge is 0.172 e. The van der Waals surface area contributed by atoms with E-state index in [1.54, 1.807) is 11.1 Å². The van der Waals surface area contributed by atoms with Crippen LogP contribution in [0.5, 0.6) is 0 Å². The van der Waals surface area contributed by atoms with E-state index in [-0.39, 0.29) is 0 Å². The van der Waals surface area contributed by atoms with E-state index in [0.29, 0.717) is 0 Å². The van der Waals surface area contributed by atoms with Crippen molar-refractivity contribution in [2.24, 2.45) is 0 Å². The van der Waals surface area contributed by atoms with Crippen LogP contribution in [0.2, 0.25) is 0 Å². The SMILES string of the molecule is CCCCCCCCCCCCCCCCC[n+]1ccc(CCCCCCCCCCCCCCCC)c(CCCCCCCCCCCCCCCC)c1. The van der Waals surface area contributed by atoms with Crippen LogP contribution in [0.4, 0.5) is 0 Å². The summed E-state index contributed by atoms with van der Waals surface area (Å²) in [4.78, 5) is 0. The first-order valence-corrected chi connectivity index (χ1v) is 26.3. The maximum Gasteiger partial charge on any atom is 0.172 e. The molecule has 0 bridgehead atoms. The quantitative estimate of drug-likeness (QED) is 0.0460. The molecule has 0 N–H and O–H groups in total. The second kappa shape index (κ2) is 44.3. The monoisotopic (exact) mass is 767 g/mol. The van der Waals surface area contributed by atoms with Crippen LogP contribution in [-0.2, 0) is 19.4 Å². The molecule has 1 rings (SSSR count). The van der Waals surface area contributed by atoms with Crippen LogP contribution >= 0.6 is 0 Å². The maximum atomic E-state index is 2.57. The van der Waals surface area contributed by atoms with E-state index >= 15 is 0 Å². The Morgan fingerprint density at radius 3 is 0.800 bits per heavy atom. The summed E-state index contributed by atoms with van der Waals surface area (Å²) in [6.07, 6.45) is 69.8. The minimum absolute atomic E-state index is 1.21. The highest BCUT2D eigenvalue weighted by molar-refractivity contribution is 5.21. The second-order valence-electron chi connectivity index (χ2n) is 18.4. The summed E-state index contributed by atoms with van der Waals surface area (Å²) in [5, 5.41) is 0. The van der Waals surface area contributed by atoms with Gasteiger partial charge in [-0.25, -0.2) is 4.57 Å². The first-order valence-electron chi connectivity index (χ1n) is 26.3. The van der Waals surface area contributed by atoms with Gasteiger partial charge < -0.3 is 0 Å². The van der Waals surface area contributed by atoms with Crippen molar-refractivity contribution in [3.8, 4) is 0 Å². The largest absolute Gasteiger partial charge is 0.205 e. The third-order valence-electron chi connectivity index (χ3n) is 12.8. The van der Waals surface area contributed by atoms with Crippen molar-refractivity contribution in [2.75, 3.05) is 0 Å². The summed E-state index contributed by atoms with van der Waals surface area (Å²) in [6.45, 7) is 8.16. The lowest BCUT2D eigenvalue weighted by molar-refractivity contribution is -0.697. The zero-order valence-electron chi connectivity index (χ0n) is 38.7. The number of unbranched alkanes of at least 4 members (excludes halogenated alkanes) is 40. The summed E-state index contributed by atoms with van der Waals surface area (Å²) in [6, 6.07) is 2.52. The fraction of sp³-hybridized carbons (Fsp3) is 0.907. The fourth-order valence-electron chi connectivity index (χ4n) is 8.91. The molecule has 324 valence electrons. The van der Waals surface area contributed by atoms with Gasteiger partial charge in [0.25, 0.3) is 0 Å². The van der Waals surface area contributed by atoms with Crippen molar-refractivity contribution >= 4 is 0 Å². The van der Waals surface area contributed by atoms with Crippen LogP contribution in [0.25, 0.3) is 0 Å². The van der Waals surface area contributed by atoms with Crippen LogP contribution in [0.3, 0.4) is 0 Å². The zero-order chi connectivity index (χ0) is 39.4. The molecule has 0 fully saturated rings. The maximum absolute atomic E-state index is 2.57. The minimum Gasteiger partial charge on any atom is -0.205 e. The molecule has 1 heterocycles. The third-order valence-corrected chi connectivity index (χ3v) is 12.8. The van der Waals surface area contributed by atoms with E-state index in [0.717, 1.165) is 0 Å². The Labute approximate surface area is 349 Å². The second-order valence-corrected chi connectivity index (χ2v) is 18.4. The van der Waals surface area contributed by atoms with Crippen LogP contribution in [0, 0.1) is 0 Å². The molecule has 0 unspecified atom stereocenters. The number of hydrogen-bond acceptors (Lipinski definition) is 0. The predicted molar refractivity (Wildman–Crippen MR) is 250 cm³/mol. The number of pyridine rings is 1. The summed E-state index contributed by atoms with van der Waals surface area (Å²) in [7, 11) is 0. The van der Waals surface area contributed by atoms with E-state index in [9.17, 15) is 0 Å². The van der Waals surface area contributed by atoms with Crippen molar-refractivity contribution in [3.63, 3.8) is 0 Å². The highest BCUT2D eigenvalue weighted by Gasteiger charge is 2.10. The molecule has 0 aliphatic heterocycles. The molecule has 0 radical (unpaired) electrons. The van der Waals surface area contributed by atoms with Gasteiger partial charge in [0.15, 0.2) is 12.4 Å². The number of rotatable bonds is 46. The van der Waals surface area contributed by atoms with Crippen LogP contribution < -0.4 is 4.57 Å². The van der Waals surface area contributed by atoms with E-state index < -0.39 is 0 Å². The third kappa shape index (κ3) is 37.2. The molecule has 0 aliphatic rings. The first kappa shape index (κ1) is 52.2. The molecule has 0 amide bonds. The molecule has 0 saturated carbocycles. The Hall–Kier alpha value is -0.850. The molecule has 1 nitrogen and oxygen atoms in total. The average molecular weight is 767 g/mol. The molecule has 1 aromatic heterocycles. The average Bonchev–Trinajstić information content (AvgIpc) is 3.20. The normalized spacial score (nSPS) is 11.6. The van der Waals surface area contributed by atoms with Crippen LogP contribution in [0.1, 0.15) is 308 Å². The van der Waals surface area contributed by atoms with E-state index in [1.165, 1.54) is 295 Å². The lowest BCUT2D eigenvalue weighted by Crippen LogP contribution is -2.34. The zero-order valence-corrected chi connectivity index (χ0v) is 38.7. The Balaban J connectivity index is 2.28. The van der Waals surface area contributed by atoms with Gasteiger partial charge in [-0.15, -0.1) is 0 Å². The Bertz CT molecular complexity index is 859. The molecule has 0 aromatic carbocycles. The fourth-order valence-corrected chi connectivity index (χ4v) is 8.91.